The van der Waals surface area contributed by atoms with Crippen LogP contribution in [0.15, 0.2) is 142 Å². The molecule has 774 valence electrons. The fraction of sp³-hybridized carbons (Fsp3) is 0.372. The lowest BCUT2D eigenvalue weighted by Crippen LogP contribution is -2.32. The maximum atomic E-state index is 8.89. The average Bonchev–Trinajstić information content (AvgIpc) is 1.62. The number of fused-ring (bicyclic) bond motifs is 10. The second-order valence-corrected chi connectivity index (χ2v) is 41.9. The van der Waals surface area contributed by atoms with Crippen molar-refractivity contribution in [2.24, 2.45) is 0 Å². The molecule has 150 heavy (non-hydrogen) atoms. The first-order chi connectivity index (χ1) is 73.1. The van der Waals surface area contributed by atoms with Gasteiger partial charge in [0.25, 0.3) is 0 Å². The molecule has 0 spiro atoms. The summed E-state index contributed by atoms with van der Waals surface area (Å²) >= 11 is 34.3. The number of nitrogens with one attached hydrogen (secondary N) is 4. The summed E-state index contributed by atoms with van der Waals surface area (Å²) in [5.41, 5.74) is 14.0. The van der Waals surface area contributed by atoms with Gasteiger partial charge in [-0.3, -0.25) is 0 Å². The SMILES string of the molecule is CCI.CCn1c(-c2cnn(-c3ccccc3)c2)nc2c(NC3CCc4nnc(C5CC5)n4C3)ncnc21.CCn1c(I)nc2c(Cl)ncnc21.CCn1c(I)nc2c(Cl)ncnc21.CCn1c(I)nc2c(NC3CCc4nnc(C5CC5)n4C3)ncnc21.CCn1c(I)nc2c(NC3CCc4nnc(C5CC5)n4C3)ncnc21.CCn1cnc2c(Cl)ncnc21.Clc1ncnc2nc[nH]c12.OB(O)c1cnn(-c2ccccc2)c1. The fourth-order valence-corrected chi connectivity index (χ4v) is 21.5. The molecule has 0 amide bonds. The molecule has 0 saturated heterocycles. The van der Waals surface area contributed by atoms with E-state index in [2.05, 4.69) is 329 Å². The van der Waals surface area contributed by atoms with Gasteiger partial charge in [0.2, 0.25) is 0 Å². The Morgan fingerprint density at radius 1 is 0.380 bits per heavy atom. The summed E-state index contributed by atoms with van der Waals surface area (Å²) in [6, 6.07) is 20.4. The molecule has 3 aliphatic carbocycles. The number of para-hydroxylation sites is 2. The minimum atomic E-state index is -1.47. The molecule has 3 atom stereocenters. The van der Waals surface area contributed by atoms with E-state index in [1.807, 2.05) is 112 Å². The third kappa shape index (κ3) is 24.0. The average molecular weight is 2670 g/mol. The van der Waals surface area contributed by atoms with Crippen molar-refractivity contribution >= 4 is 268 Å². The molecule has 3 fully saturated rings. The summed E-state index contributed by atoms with van der Waals surface area (Å²) in [6.45, 7) is 22.1. The lowest BCUT2D eigenvalue weighted by Gasteiger charge is -2.25. The van der Waals surface area contributed by atoms with Crippen LogP contribution >= 0.6 is 159 Å². The molecule has 56 heteroatoms. The number of aryl methyl sites for hydroxylation is 9. The number of imidazole rings is 7. The summed E-state index contributed by atoms with van der Waals surface area (Å²) < 4.78 is 27.5. The third-order valence-electron chi connectivity index (χ3n) is 25.4. The highest BCUT2D eigenvalue weighted by atomic mass is 127. The van der Waals surface area contributed by atoms with Crippen LogP contribution < -0.4 is 21.4 Å². The summed E-state index contributed by atoms with van der Waals surface area (Å²) in [7, 11) is -1.47. The van der Waals surface area contributed by atoms with Crippen LogP contribution in [-0.2, 0) is 78.2 Å². The number of nitrogens with zero attached hydrogens (tertiary/aromatic N) is 40. The van der Waals surface area contributed by atoms with Crippen LogP contribution in [0.5, 0.6) is 0 Å². The molecule has 6 N–H and O–H groups in total. The van der Waals surface area contributed by atoms with Gasteiger partial charge in [0, 0.05) is 228 Å². The minimum absolute atomic E-state index is 0.241. The van der Waals surface area contributed by atoms with Crippen LogP contribution in [0.2, 0.25) is 20.6 Å². The van der Waals surface area contributed by atoms with Crippen molar-refractivity contribution < 1.29 is 10.0 Å². The smallest absolute Gasteiger partial charge is 0.423 e. The molecule has 46 nitrogen and oxygen atoms in total. The Balaban J connectivity index is 0.000000111. The van der Waals surface area contributed by atoms with Gasteiger partial charge in [0.15, 0.2) is 109 Å². The highest BCUT2D eigenvalue weighted by Crippen LogP contribution is 2.43. The number of halogens is 9. The molecule has 19 aromatic heterocycles. The molecule has 22 heterocycles. The van der Waals surface area contributed by atoms with Gasteiger partial charge in [0.1, 0.15) is 107 Å². The van der Waals surface area contributed by atoms with E-state index in [1.54, 1.807) is 36.2 Å². The lowest BCUT2D eigenvalue weighted by atomic mass is 9.83. The predicted octanol–water partition coefficient (Wildman–Crippen LogP) is 16.0. The Bertz CT molecular complexity index is 7990. The first-order valence-electron chi connectivity index (χ1n) is 48.9. The van der Waals surface area contributed by atoms with Crippen LogP contribution in [0.1, 0.15) is 159 Å². The van der Waals surface area contributed by atoms with Crippen LogP contribution in [0, 0.1) is 15.3 Å². The number of hydrogen-bond acceptors (Lipinski definition) is 34. The molecule has 3 saturated carbocycles. The van der Waals surface area contributed by atoms with Gasteiger partial charge < -0.3 is 72.1 Å². The van der Waals surface area contributed by atoms with E-state index < -0.39 is 7.12 Å². The van der Waals surface area contributed by atoms with Crippen LogP contribution in [0.3, 0.4) is 0 Å². The summed E-state index contributed by atoms with van der Waals surface area (Å²) in [6.07, 6.45) is 34.0. The largest absolute Gasteiger partial charge is 0.491 e. The van der Waals surface area contributed by atoms with Crippen molar-refractivity contribution in [2.75, 3.05) is 20.4 Å². The van der Waals surface area contributed by atoms with Gasteiger partial charge >= 0.3 is 7.12 Å². The topological polar surface area (TPSA) is 520 Å². The van der Waals surface area contributed by atoms with Crippen molar-refractivity contribution in [2.45, 2.75) is 220 Å². The molecular formula is C94H100BCl4I5N44O2. The molecule has 2 aromatic carbocycles. The number of alkyl halides is 1. The lowest BCUT2D eigenvalue weighted by molar-refractivity contribution is 0.425. The standard InChI is InChI=1S/C25H26N10.2C16H19IN8.C9H9BN2O2.2C7H6ClIN4.C7H7ClN4.C5H3ClN4.C2H5I/c1-2-33-23(17-12-28-35(13-17)19-6-4-3-5-7-19)30-21-22(26-15-27-25(21)33)29-18-10-11-20-31-32-24(16-8-9-16)34(20)14-18;2*1-2-24-15-12(21-16(24)17)13(18-8-19-15)20-10-5-6-11-22-23-14(9-3-4-9)25(11)7-10;13-10(14)8-6-11-12(7-8)9-4-2-1-3-5-9;2*1-2-13-6-4(12-7(13)9)5(8)10-3-11-6;1-2-12-4-11-5-6(8)9-3-10-7(5)12;6-4-3-5(9-1-7-3)10-2-8-4;1-2-3/h3-7,12-13,15-16,18H,2,8-11,14H2,1H3,(H,26,27,29);2*8-10H,2-7H2,1H3,(H,18,19,20);1-7,13-14H;2*3H,2H2,1H3;3-4H,2H2,1H3;1-2H,(H,7,8,9,10);2H2,1H3. The van der Waals surface area contributed by atoms with Crippen molar-refractivity contribution in [3.8, 4) is 22.8 Å². The van der Waals surface area contributed by atoms with Crippen LogP contribution in [0.4, 0.5) is 17.5 Å². The van der Waals surface area contributed by atoms with Gasteiger partial charge in [-0.1, -0.05) is 112 Å². The number of benzene rings is 2. The van der Waals surface area contributed by atoms with Crippen LogP contribution in [0.25, 0.3) is 101 Å². The van der Waals surface area contributed by atoms with Gasteiger partial charge in [-0.15, -0.1) is 30.6 Å². The number of H-pyrrole nitrogens is 1. The first kappa shape index (κ1) is 107. The number of aromatic amines is 1. The molecule has 3 unspecified atom stereocenters. The molecular weight excluding hydrogens is 2560 g/mol. The van der Waals surface area contributed by atoms with Crippen molar-refractivity contribution in [1.29, 1.82) is 0 Å². The van der Waals surface area contributed by atoms with Crippen molar-refractivity contribution in [3.05, 3.63) is 213 Å². The van der Waals surface area contributed by atoms with Crippen LogP contribution in [-0.4, -0.2) is 241 Å². The Labute approximate surface area is 945 Å². The Morgan fingerprint density at radius 2 is 0.740 bits per heavy atom. The Kier molecular flexibility index (Phi) is 34.8. The minimum Gasteiger partial charge on any atom is -0.423 e. The number of anilines is 3. The summed E-state index contributed by atoms with van der Waals surface area (Å²) in [5.74, 6) is 11.9. The van der Waals surface area contributed by atoms with E-state index in [9.17, 15) is 0 Å². The van der Waals surface area contributed by atoms with E-state index in [-0.39, 0.29) is 6.04 Å². The second-order valence-electron chi connectivity index (χ2n) is 35.1. The maximum absolute atomic E-state index is 8.89. The monoisotopic (exact) mass is 2660 g/mol. The Hall–Kier alpha value is -11.7. The van der Waals surface area contributed by atoms with Crippen molar-refractivity contribution in [3.63, 3.8) is 0 Å². The van der Waals surface area contributed by atoms with Gasteiger partial charge in [-0.25, -0.2) is 114 Å². The van der Waals surface area contributed by atoms with E-state index in [4.69, 9.17) is 61.4 Å². The zero-order chi connectivity index (χ0) is 104. The van der Waals surface area contributed by atoms with Crippen molar-refractivity contribution in [1.82, 2.24) is 201 Å². The fourth-order valence-electron chi connectivity index (χ4n) is 17.6. The molecule has 21 aromatic rings. The van der Waals surface area contributed by atoms with E-state index in [0.29, 0.717) is 83.6 Å². The zero-order valence-corrected chi connectivity index (χ0v) is 95.9. The number of hydrogen-bond donors (Lipinski definition) is 6. The quantitative estimate of drug-likeness (QED) is 0.0144. The van der Waals surface area contributed by atoms with Gasteiger partial charge in [-0.2, -0.15) is 10.2 Å². The Morgan fingerprint density at radius 3 is 1.13 bits per heavy atom. The number of rotatable bonds is 19. The highest BCUT2D eigenvalue weighted by Gasteiger charge is 2.37. The van der Waals surface area contributed by atoms with E-state index >= 15 is 0 Å². The normalized spacial score (nSPS) is 15.3. The molecule has 3 aliphatic heterocycles. The van der Waals surface area contributed by atoms with Gasteiger partial charge in [-0.05, 0) is 128 Å². The molecule has 0 radical (unpaired) electrons. The molecule has 0 bridgehead atoms. The molecule has 27 rings (SSSR count). The number of aromatic nitrogens is 41. The van der Waals surface area contributed by atoms with E-state index in [1.165, 1.54) is 92.4 Å². The first-order valence-corrected chi connectivity index (χ1v) is 56.3. The van der Waals surface area contributed by atoms with Gasteiger partial charge in [0.05, 0.1) is 35.8 Å². The second kappa shape index (κ2) is 49.0. The highest BCUT2D eigenvalue weighted by molar-refractivity contribution is 14.1. The third-order valence-corrected chi connectivity index (χ3v) is 29.8. The van der Waals surface area contributed by atoms with E-state index in [0.717, 1.165) is 227 Å². The summed E-state index contributed by atoms with van der Waals surface area (Å²) in [4.78, 5) is 92.2. The summed E-state index contributed by atoms with van der Waals surface area (Å²) in [5, 5.41) is 65.3. The molecule has 6 aliphatic rings. The predicted molar refractivity (Wildman–Crippen MR) is 612 cm³/mol. The zero-order valence-electron chi connectivity index (χ0n) is 82.1. The maximum Gasteiger partial charge on any atom is 0.491 e.